The maximum Gasteiger partial charge on any atom is 0.236 e. The topological polar surface area (TPSA) is 39.7 Å². The van der Waals surface area contributed by atoms with Gasteiger partial charge in [-0.25, -0.2) is 0 Å². The predicted octanol–water partition coefficient (Wildman–Crippen LogP) is 2.63. The Morgan fingerprint density at radius 2 is 1.85 bits per heavy atom. The third-order valence-electron chi connectivity index (χ3n) is 6.49. The van der Waals surface area contributed by atoms with Gasteiger partial charge < -0.3 is 4.90 Å². The van der Waals surface area contributed by atoms with Gasteiger partial charge in [0.2, 0.25) is 5.91 Å². The van der Waals surface area contributed by atoms with Gasteiger partial charge in [0.15, 0.2) is 0 Å². The molecule has 0 radical (unpaired) electrons. The molecule has 26 heavy (non-hydrogen) atoms. The zero-order chi connectivity index (χ0) is 18.6. The number of nitrogens with zero attached hydrogens (tertiary/aromatic N) is 4. The largest absolute Gasteiger partial charge is 0.342 e. The van der Waals surface area contributed by atoms with Gasteiger partial charge in [0.25, 0.3) is 0 Å². The SMILES string of the molecule is CC(C)N(C)CC(=O)N1CCC2(CCN(Cc3cccnc3)CC2)CC1. The molecule has 1 aromatic rings. The number of carbonyl (C=O) groups is 1. The lowest BCUT2D eigenvalue weighted by molar-refractivity contribution is -0.135. The molecule has 2 fully saturated rings. The highest BCUT2D eigenvalue weighted by Crippen LogP contribution is 2.41. The van der Waals surface area contributed by atoms with E-state index < -0.39 is 0 Å². The number of hydrogen-bond donors (Lipinski definition) is 0. The Bertz CT molecular complexity index is 571. The smallest absolute Gasteiger partial charge is 0.236 e. The van der Waals surface area contributed by atoms with Crippen molar-refractivity contribution in [1.82, 2.24) is 19.7 Å². The van der Waals surface area contributed by atoms with Gasteiger partial charge >= 0.3 is 0 Å². The number of amides is 1. The standard InChI is InChI=1S/C21H34N4O/c1-18(2)23(3)17-20(26)25-13-8-21(9-14-25)6-11-24(12-7-21)16-19-5-4-10-22-15-19/h4-5,10,15,18H,6-9,11-14,16-17H2,1-3H3. The maximum atomic E-state index is 12.5. The Balaban J connectivity index is 1.44. The van der Waals surface area contributed by atoms with E-state index in [0.717, 1.165) is 19.6 Å². The summed E-state index contributed by atoms with van der Waals surface area (Å²) < 4.78 is 0. The third-order valence-corrected chi connectivity index (χ3v) is 6.49. The summed E-state index contributed by atoms with van der Waals surface area (Å²) in [6, 6.07) is 4.60. The molecule has 144 valence electrons. The van der Waals surface area contributed by atoms with Crippen LogP contribution in [0.5, 0.6) is 0 Å². The summed E-state index contributed by atoms with van der Waals surface area (Å²) in [7, 11) is 2.03. The van der Waals surface area contributed by atoms with Gasteiger partial charge in [0.05, 0.1) is 6.54 Å². The van der Waals surface area contributed by atoms with Crippen LogP contribution in [0.2, 0.25) is 0 Å². The number of likely N-dealkylation sites (N-methyl/N-ethyl adjacent to an activating group) is 1. The molecule has 1 aromatic heterocycles. The quantitative estimate of drug-likeness (QED) is 0.811. The number of rotatable bonds is 5. The van der Waals surface area contributed by atoms with Crippen molar-refractivity contribution in [3.8, 4) is 0 Å². The van der Waals surface area contributed by atoms with E-state index in [9.17, 15) is 4.79 Å². The van der Waals surface area contributed by atoms with Crippen molar-refractivity contribution < 1.29 is 4.79 Å². The molecule has 2 saturated heterocycles. The van der Waals surface area contributed by atoms with Crippen LogP contribution in [0, 0.1) is 5.41 Å². The van der Waals surface area contributed by atoms with E-state index in [0.29, 0.717) is 23.9 Å². The fourth-order valence-corrected chi connectivity index (χ4v) is 4.16. The Labute approximate surface area is 158 Å². The first-order chi connectivity index (χ1) is 12.5. The molecule has 5 heteroatoms. The Morgan fingerprint density at radius 3 is 2.42 bits per heavy atom. The van der Waals surface area contributed by atoms with E-state index in [2.05, 4.69) is 39.6 Å². The van der Waals surface area contributed by atoms with Crippen LogP contribution >= 0.6 is 0 Å². The van der Waals surface area contributed by atoms with Crippen molar-refractivity contribution in [2.24, 2.45) is 5.41 Å². The maximum absolute atomic E-state index is 12.5. The number of piperidine rings is 2. The normalized spacial score (nSPS) is 20.9. The number of pyridine rings is 1. The van der Waals surface area contributed by atoms with Crippen LogP contribution < -0.4 is 0 Å². The fourth-order valence-electron chi connectivity index (χ4n) is 4.16. The Hall–Kier alpha value is -1.46. The van der Waals surface area contributed by atoms with Gasteiger partial charge in [0.1, 0.15) is 0 Å². The first kappa shape index (κ1) is 19.3. The molecular formula is C21H34N4O. The van der Waals surface area contributed by atoms with Crippen LogP contribution in [-0.4, -0.2) is 71.4 Å². The summed E-state index contributed by atoms with van der Waals surface area (Å²) in [6.07, 6.45) is 8.68. The minimum atomic E-state index is 0.296. The minimum Gasteiger partial charge on any atom is -0.342 e. The number of hydrogen-bond acceptors (Lipinski definition) is 4. The third kappa shape index (κ3) is 4.83. The molecule has 2 aliphatic heterocycles. The molecule has 0 unspecified atom stereocenters. The van der Waals surface area contributed by atoms with E-state index in [1.54, 1.807) is 0 Å². The highest BCUT2D eigenvalue weighted by Gasteiger charge is 2.38. The molecule has 0 aliphatic carbocycles. The number of carbonyl (C=O) groups excluding carboxylic acids is 1. The lowest BCUT2D eigenvalue weighted by atomic mass is 9.71. The lowest BCUT2D eigenvalue weighted by Gasteiger charge is -2.47. The summed E-state index contributed by atoms with van der Waals surface area (Å²) >= 11 is 0. The van der Waals surface area contributed by atoms with Crippen LogP contribution in [0.3, 0.4) is 0 Å². The van der Waals surface area contributed by atoms with Crippen LogP contribution in [0.4, 0.5) is 0 Å². The molecule has 3 heterocycles. The van der Waals surface area contributed by atoms with E-state index >= 15 is 0 Å². The summed E-state index contributed by atoms with van der Waals surface area (Å²) in [6.45, 7) is 10.0. The van der Waals surface area contributed by atoms with Gasteiger partial charge in [0, 0.05) is 38.1 Å². The molecule has 5 nitrogen and oxygen atoms in total. The Kier molecular flexibility index (Phi) is 6.30. The number of likely N-dealkylation sites (tertiary alicyclic amines) is 2. The molecule has 1 spiro atoms. The molecule has 2 aliphatic rings. The zero-order valence-corrected chi connectivity index (χ0v) is 16.7. The lowest BCUT2D eigenvalue weighted by Crippen LogP contribution is -2.50. The molecule has 3 rings (SSSR count). The monoisotopic (exact) mass is 358 g/mol. The number of aromatic nitrogens is 1. The van der Waals surface area contributed by atoms with Crippen molar-refractivity contribution in [3.63, 3.8) is 0 Å². The van der Waals surface area contributed by atoms with Crippen molar-refractivity contribution in [3.05, 3.63) is 30.1 Å². The average Bonchev–Trinajstić information content (AvgIpc) is 2.65. The molecule has 0 bridgehead atoms. The summed E-state index contributed by atoms with van der Waals surface area (Å²) in [4.78, 5) is 23.5. The average molecular weight is 359 g/mol. The van der Waals surface area contributed by atoms with E-state index in [1.807, 2.05) is 25.5 Å². The van der Waals surface area contributed by atoms with Crippen molar-refractivity contribution in [2.75, 3.05) is 39.8 Å². The summed E-state index contributed by atoms with van der Waals surface area (Å²) in [5, 5.41) is 0. The molecule has 0 saturated carbocycles. The zero-order valence-electron chi connectivity index (χ0n) is 16.7. The highest BCUT2D eigenvalue weighted by atomic mass is 16.2. The van der Waals surface area contributed by atoms with E-state index in [4.69, 9.17) is 0 Å². The van der Waals surface area contributed by atoms with Crippen LogP contribution in [0.1, 0.15) is 45.1 Å². The van der Waals surface area contributed by atoms with Gasteiger partial charge in [-0.2, -0.15) is 0 Å². The molecule has 0 N–H and O–H groups in total. The molecule has 0 atom stereocenters. The van der Waals surface area contributed by atoms with Crippen LogP contribution in [0.25, 0.3) is 0 Å². The van der Waals surface area contributed by atoms with Gasteiger partial charge in [-0.1, -0.05) is 6.07 Å². The fraction of sp³-hybridized carbons (Fsp3) is 0.714. The van der Waals surface area contributed by atoms with E-state index in [-0.39, 0.29) is 0 Å². The molecule has 0 aromatic carbocycles. The predicted molar refractivity (Wildman–Crippen MR) is 105 cm³/mol. The van der Waals surface area contributed by atoms with Crippen LogP contribution in [-0.2, 0) is 11.3 Å². The molecule has 1 amide bonds. The first-order valence-corrected chi connectivity index (χ1v) is 10.1. The van der Waals surface area contributed by atoms with Crippen LogP contribution in [0.15, 0.2) is 24.5 Å². The second-order valence-electron chi connectivity index (χ2n) is 8.53. The minimum absolute atomic E-state index is 0.296. The van der Waals surface area contributed by atoms with Crippen molar-refractivity contribution in [2.45, 2.75) is 52.1 Å². The molecular weight excluding hydrogens is 324 g/mol. The summed E-state index contributed by atoms with van der Waals surface area (Å²) in [5.74, 6) is 0.296. The van der Waals surface area contributed by atoms with Gasteiger partial charge in [-0.05, 0) is 76.7 Å². The van der Waals surface area contributed by atoms with Crippen molar-refractivity contribution in [1.29, 1.82) is 0 Å². The van der Waals surface area contributed by atoms with Gasteiger partial charge in [-0.15, -0.1) is 0 Å². The van der Waals surface area contributed by atoms with Gasteiger partial charge in [-0.3, -0.25) is 19.6 Å². The second-order valence-corrected chi connectivity index (χ2v) is 8.53. The van der Waals surface area contributed by atoms with E-state index in [1.165, 1.54) is 44.3 Å². The summed E-state index contributed by atoms with van der Waals surface area (Å²) in [5.41, 5.74) is 1.77. The second kappa shape index (κ2) is 8.49. The Morgan fingerprint density at radius 1 is 1.19 bits per heavy atom. The van der Waals surface area contributed by atoms with Crippen molar-refractivity contribution >= 4 is 5.91 Å². The first-order valence-electron chi connectivity index (χ1n) is 10.1. The highest BCUT2D eigenvalue weighted by molar-refractivity contribution is 5.78.